The number of methoxy groups -OCH3 is 2. The minimum absolute atomic E-state index is 0.110. The topological polar surface area (TPSA) is 129 Å². The summed E-state index contributed by atoms with van der Waals surface area (Å²) in [6.45, 7) is -0.724. The van der Waals surface area contributed by atoms with Gasteiger partial charge in [0.2, 0.25) is 0 Å². The van der Waals surface area contributed by atoms with E-state index in [2.05, 4.69) is 17.1 Å². The molecule has 4 N–H and O–H groups in total. The molecule has 38 heavy (non-hydrogen) atoms. The number of rotatable bonds is 9. The van der Waals surface area contributed by atoms with E-state index < -0.39 is 20.7 Å². The Balaban J connectivity index is 0.00000127. The molecular weight excluding hydrogens is 505 g/mol. The largest absolute Gasteiger partial charge is 0.506 e. The number of benzene rings is 3. The van der Waals surface area contributed by atoms with Crippen molar-refractivity contribution < 1.29 is 34.3 Å². The average Bonchev–Trinajstić information content (AvgIpc) is 2.97. The van der Waals surface area contributed by atoms with Crippen molar-refractivity contribution in [3.05, 3.63) is 119 Å². The number of aromatic hydroxyl groups is 1. The van der Waals surface area contributed by atoms with Crippen molar-refractivity contribution in [3.8, 4) is 17.2 Å². The van der Waals surface area contributed by atoms with Gasteiger partial charge in [-0.2, -0.15) is 4.89 Å². The Morgan fingerprint density at radius 3 is 1.68 bits per heavy atom. The zero-order valence-corrected chi connectivity index (χ0v) is 22.2. The number of pyridine rings is 1. The standard InChI is InChI=1S/C29H29NO5.HO2P/c1-34-24-12-8-22(9-13-24)29(21-6-4-3-5-7-21,23-10-14-25(35-2)15-11-23)16-27-28(33)26(19-32)20(18-31)17-30-27;1-3-2/h3-15,17,31-33H,16,18-19H2,1-2H3;3H/p+1. The van der Waals surface area contributed by atoms with Crippen molar-refractivity contribution in [2.75, 3.05) is 14.2 Å². The lowest BCUT2D eigenvalue weighted by molar-refractivity contribution is 0.253. The van der Waals surface area contributed by atoms with Gasteiger partial charge in [0.25, 0.3) is 0 Å². The minimum Gasteiger partial charge on any atom is -0.506 e. The van der Waals surface area contributed by atoms with Gasteiger partial charge in [-0.3, -0.25) is 4.98 Å². The molecule has 3 aromatic carbocycles. The number of aliphatic hydroxyl groups is 2. The highest BCUT2D eigenvalue weighted by Crippen LogP contribution is 2.44. The van der Waals surface area contributed by atoms with Gasteiger partial charge in [0.1, 0.15) is 17.2 Å². The normalized spacial score (nSPS) is 11.0. The first-order chi connectivity index (χ1) is 18.5. The molecule has 0 saturated carbocycles. The maximum Gasteiger partial charge on any atom is 0.491 e. The van der Waals surface area contributed by atoms with Gasteiger partial charge in [0, 0.05) is 23.7 Å². The summed E-state index contributed by atoms with van der Waals surface area (Å²) in [5.74, 6) is 1.36. The monoisotopic (exact) mass is 536 g/mol. The Morgan fingerprint density at radius 1 is 0.789 bits per heavy atom. The van der Waals surface area contributed by atoms with E-state index in [1.165, 1.54) is 6.20 Å². The van der Waals surface area contributed by atoms with Gasteiger partial charge in [-0.05, 0) is 45.5 Å². The molecule has 1 unspecified atom stereocenters. The smallest absolute Gasteiger partial charge is 0.491 e. The zero-order chi connectivity index (χ0) is 27.5. The number of ether oxygens (including phenoxy) is 2. The molecule has 8 nitrogen and oxygen atoms in total. The van der Waals surface area contributed by atoms with Crippen LogP contribution in [0.25, 0.3) is 0 Å². The maximum absolute atomic E-state index is 11.1. The molecule has 0 aliphatic heterocycles. The molecule has 9 heteroatoms. The van der Waals surface area contributed by atoms with Crippen LogP contribution in [0.1, 0.15) is 33.5 Å². The highest BCUT2D eigenvalue weighted by molar-refractivity contribution is 7.16. The predicted octanol–water partition coefficient (Wildman–Crippen LogP) is 4.28. The van der Waals surface area contributed by atoms with Gasteiger partial charge < -0.3 is 24.8 Å². The number of nitrogens with zero attached hydrogens (tertiary/aromatic N) is 1. The molecule has 0 bridgehead atoms. The quantitative estimate of drug-likeness (QED) is 0.184. The van der Waals surface area contributed by atoms with Gasteiger partial charge in [-0.1, -0.05) is 54.6 Å². The van der Waals surface area contributed by atoms with Gasteiger partial charge in [-0.15, -0.1) is 0 Å². The fourth-order valence-corrected chi connectivity index (χ4v) is 4.59. The van der Waals surface area contributed by atoms with Crippen molar-refractivity contribution in [1.82, 2.24) is 4.98 Å². The van der Waals surface area contributed by atoms with Gasteiger partial charge in [-0.25, -0.2) is 0 Å². The lowest BCUT2D eigenvalue weighted by atomic mass is 9.66. The highest BCUT2D eigenvalue weighted by atomic mass is 31.1. The number of aromatic nitrogens is 1. The molecule has 4 rings (SSSR count). The number of hydrogen-bond donors (Lipinski definition) is 4. The third-order valence-electron chi connectivity index (χ3n) is 6.52. The van der Waals surface area contributed by atoms with Crippen molar-refractivity contribution in [2.45, 2.75) is 25.0 Å². The molecule has 0 fully saturated rings. The van der Waals surface area contributed by atoms with Crippen molar-refractivity contribution in [3.63, 3.8) is 0 Å². The number of aliphatic hydroxyl groups excluding tert-OH is 2. The fraction of sp³-hybridized carbons (Fsp3) is 0.207. The molecule has 0 aliphatic rings. The van der Waals surface area contributed by atoms with Crippen LogP contribution < -0.4 is 9.47 Å². The molecule has 198 valence electrons. The van der Waals surface area contributed by atoms with E-state index >= 15 is 0 Å². The van der Waals surface area contributed by atoms with E-state index in [1.807, 2.05) is 66.7 Å². The Labute approximate surface area is 223 Å². The maximum atomic E-state index is 11.1. The Kier molecular flexibility index (Phi) is 10.3. The van der Waals surface area contributed by atoms with E-state index in [0.717, 1.165) is 28.2 Å². The summed E-state index contributed by atoms with van der Waals surface area (Å²) in [5.41, 5.74) is 3.32. The predicted molar refractivity (Wildman–Crippen MR) is 145 cm³/mol. The highest BCUT2D eigenvalue weighted by Gasteiger charge is 2.38. The molecule has 0 spiro atoms. The molecule has 0 amide bonds. The summed E-state index contributed by atoms with van der Waals surface area (Å²) in [4.78, 5) is 11.6. The average molecular weight is 537 g/mol. The van der Waals surface area contributed by atoms with Gasteiger partial charge in [0.05, 0.1) is 38.5 Å². The lowest BCUT2D eigenvalue weighted by Crippen LogP contribution is -2.32. The van der Waals surface area contributed by atoms with Crippen LogP contribution in [0.5, 0.6) is 17.2 Å². The molecule has 0 radical (unpaired) electrons. The SMILES string of the molecule is COc1ccc(C(Cc2ncc(CO)c(CO)c2O)(c2ccccc2)c2ccc(OC)cc2)cc1.O=[PH+]O. The van der Waals surface area contributed by atoms with Crippen LogP contribution in [0, 0.1) is 0 Å². The van der Waals surface area contributed by atoms with Crippen molar-refractivity contribution in [1.29, 1.82) is 0 Å². The summed E-state index contributed by atoms with van der Waals surface area (Å²) < 4.78 is 19.3. The van der Waals surface area contributed by atoms with E-state index in [4.69, 9.17) is 18.9 Å². The van der Waals surface area contributed by atoms with Crippen LogP contribution >= 0.6 is 8.69 Å². The fourth-order valence-electron chi connectivity index (χ4n) is 4.59. The van der Waals surface area contributed by atoms with E-state index in [1.54, 1.807) is 14.2 Å². The molecule has 1 heterocycles. The summed E-state index contributed by atoms with van der Waals surface area (Å²) in [6.07, 6.45) is 1.82. The first-order valence-electron chi connectivity index (χ1n) is 11.7. The molecule has 0 aliphatic carbocycles. The van der Waals surface area contributed by atoms with Crippen molar-refractivity contribution >= 4 is 8.69 Å². The zero-order valence-electron chi connectivity index (χ0n) is 21.2. The second kappa shape index (κ2) is 13.7. The van der Waals surface area contributed by atoms with E-state index in [-0.39, 0.29) is 17.9 Å². The Morgan fingerprint density at radius 2 is 1.26 bits per heavy atom. The lowest BCUT2D eigenvalue weighted by Gasteiger charge is -2.36. The number of hydrogen-bond acceptors (Lipinski definition) is 7. The van der Waals surface area contributed by atoms with E-state index in [0.29, 0.717) is 17.7 Å². The summed E-state index contributed by atoms with van der Waals surface area (Å²) in [6, 6.07) is 25.8. The molecular formula is C29H31NO7P+. The third-order valence-corrected chi connectivity index (χ3v) is 6.52. The summed E-state index contributed by atoms with van der Waals surface area (Å²) in [7, 11) is 2.09. The van der Waals surface area contributed by atoms with E-state index in [9.17, 15) is 15.3 Å². The Bertz CT molecular complexity index is 1270. The minimum atomic E-state index is -1.17. The van der Waals surface area contributed by atoms with Crippen LogP contribution in [0.3, 0.4) is 0 Å². The second-order valence-corrected chi connectivity index (χ2v) is 8.55. The Hall–Kier alpha value is -3.81. The van der Waals surface area contributed by atoms with Crippen LogP contribution in [-0.4, -0.2) is 39.4 Å². The second-order valence-electron chi connectivity index (χ2n) is 8.37. The van der Waals surface area contributed by atoms with Gasteiger partial charge in [0.15, 0.2) is 0 Å². The third kappa shape index (κ3) is 6.01. The first-order valence-corrected chi connectivity index (χ1v) is 12.6. The summed E-state index contributed by atoms with van der Waals surface area (Å²) in [5, 5.41) is 30.6. The first kappa shape index (κ1) is 28.8. The van der Waals surface area contributed by atoms with Crippen LogP contribution in [0.2, 0.25) is 0 Å². The van der Waals surface area contributed by atoms with Crippen LogP contribution in [0.15, 0.2) is 85.1 Å². The molecule has 1 aromatic heterocycles. The summed E-state index contributed by atoms with van der Waals surface area (Å²) >= 11 is 0. The van der Waals surface area contributed by atoms with Gasteiger partial charge >= 0.3 is 8.69 Å². The molecule has 4 aromatic rings. The van der Waals surface area contributed by atoms with Crippen LogP contribution in [-0.2, 0) is 29.6 Å². The molecule has 1 atom stereocenters. The van der Waals surface area contributed by atoms with Crippen molar-refractivity contribution in [2.24, 2.45) is 0 Å². The van der Waals surface area contributed by atoms with Crippen LogP contribution in [0.4, 0.5) is 0 Å². The molecule has 0 saturated heterocycles.